The SMILES string of the molecule is O=C(NCc1ccc(F)c(F)c1)[C@]1(Cc2ccccc2)N=C(c2ccc(OCCCO)cc2)O[C@@H]1c1ccc(-c2ccccc2)cc1. The highest BCUT2D eigenvalue weighted by Crippen LogP contribution is 2.43. The monoisotopic (exact) mass is 632 g/mol. The number of nitrogens with one attached hydrogen (secondary N) is 1. The number of carbonyl (C=O) groups excluding carboxylic acids is 1. The number of benzene rings is 5. The number of amides is 1. The van der Waals surface area contributed by atoms with Gasteiger partial charge in [-0.15, -0.1) is 0 Å². The molecule has 1 aliphatic rings. The molecule has 6 rings (SSSR count). The maximum Gasteiger partial charge on any atom is 0.252 e. The topological polar surface area (TPSA) is 80.2 Å². The van der Waals surface area contributed by atoms with Crippen LogP contribution >= 0.6 is 0 Å². The zero-order valence-corrected chi connectivity index (χ0v) is 25.6. The van der Waals surface area contributed by atoms with Crippen molar-refractivity contribution in [1.82, 2.24) is 5.32 Å². The Morgan fingerprint density at radius 3 is 2.13 bits per heavy atom. The van der Waals surface area contributed by atoms with Crippen LogP contribution in [0.2, 0.25) is 0 Å². The molecule has 47 heavy (non-hydrogen) atoms. The molecule has 0 spiro atoms. The molecule has 2 N–H and O–H groups in total. The maximum atomic E-state index is 14.4. The lowest BCUT2D eigenvalue weighted by Gasteiger charge is -2.31. The number of aliphatic hydroxyl groups excluding tert-OH is 1. The fourth-order valence-corrected chi connectivity index (χ4v) is 5.66. The number of rotatable bonds is 12. The summed E-state index contributed by atoms with van der Waals surface area (Å²) in [7, 11) is 0. The number of hydrogen-bond acceptors (Lipinski definition) is 5. The Morgan fingerprint density at radius 1 is 0.787 bits per heavy atom. The van der Waals surface area contributed by atoms with Gasteiger partial charge in [-0.05, 0) is 64.2 Å². The van der Waals surface area contributed by atoms with Gasteiger partial charge in [0.2, 0.25) is 5.90 Å². The second-order valence-electron chi connectivity index (χ2n) is 11.4. The van der Waals surface area contributed by atoms with Crippen LogP contribution in [0.15, 0.2) is 132 Å². The van der Waals surface area contributed by atoms with Crippen molar-refractivity contribution in [1.29, 1.82) is 0 Å². The Bertz CT molecular complexity index is 1830. The highest BCUT2D eigenvalue weighted by molar-refractivity contribution is 6.01. The molecule has 0 aliphatic carbocycles. The fraction of sp³-hybridized carbons (Fsp3) is 0.179. The predicted molar refractivity (Wildman–Crippen MR) is 177 cm³/mol. The van der Waals surface area contributed by atoms with E-state index < -0.39 is 29.2 Å². The summed E-state index contributed by atoms with van der Waals surface area (Å²) < 4.78 is 39.9. The summed E-state index contributed by atoms with van der Waals surface area (Å²) in [4.78, 5) is 19.5. The molecule has 8 heteroatoms. The van der Waals surface area contributed by atoms with E-state index in [0.29, 0.717) is 35.8 Å². The van der Waals surface area contributed by atoms with E-state index >= 15 is 0 Å². The Labute approximate surface area is 272 Å². The third-order valence-electron chi connectivity index (χ3n) is 8.10. The first-order valence-electron chi connectivity index (χ1n) is 15.5. The van der Waals surface area contributed by atoms with Gasteiger partial charge in [-0.3, -0.25) is 4.79 Å². The largest absolute Gasteiger partial charge is 0.494 e. The number of ether oxygens (including phenoxy) is 2. The van der Waals surface area contributed by atoms with E-state index in [0.717, 1.165) is 34.4 Å². The van der Waals surface area contributed by atoms with E-state index in [1.54, 1.807) is 12.1 Å². The first-order valence-corrected chi connectivity index (χ1v) is 15.5. The first-order chi connectivity index (χ1) is 22.9. The molecular weight excluding hydrogens is 598 g/mol. The maximum absolute atomic E-state index is 14.4. The van der Waals surface area contributed by atoms with Gasteiger partial charge < -0.3 is 19.9 Å². The van der Waals surface area contributed by atoms with Crippen LogP contribution in [-0.2, 0) is 22.5 Å². The molecule has 1 aliphatic heterocycles. The lowest BCUT2D eigenvalue weighted by Crippen LogP contribution is -2.49. The van der Waals surface area contributed by atoms with Crippen molar-refractivity contribution in [2.24, 2.45) is 4.99 Å². The van der Waals surface area contributed by atoms with Gasteiger partial charge in [0.1, 0.15) is 5.75 Å². The highest BCUT2D eigenvalue weighted by atomic mass is 19.2. The summed E-state index contributed by atoms with van der Waals surface area (Å²) in [6, 6.07) is 38.3. The molecular formula is C39H34F2N2O4. The van der Waals surface area contributed by atoms with Gasteiger partial charge in [0.05, 0.1) is 6.61 Å². The van der Waals surface area contributed by atoms with Gasteiger partial charge in [0.15, 0.2) is 23.3 Å². The second-order valence-corrected chi connectivity index (χ2v) is 11.4. The number of carbonyl (C=O) groups is 1. The molecule has 0 unspecified atom stereocenters. The van der Waals surface area contributed by atoms with Gasteiger partial charge in [-0.2, -0.15) is 0 Å². The summed E-state index contributed by atoms with van der Waals surface area (Å²) in [6.07, 6.45) is -0.0775. The Balaban J connectivity index is 1.39. The highest BCUT2D eigenvalue weighted by Gasteiger charge is 2.53. The van der Waals surface area contributed by atoms with E-state index in [1.807, 2.05) is 97.1 Å². The molecule has 0 saturated heterocycles. The van der Waals surface area contributed by atoms with Crippen LogP contribution in [0.3, 0.4) is 0 Å². The third kappa shape index (κ3) is 7.23. The molecule has 0 aromatic heterocycles. The van der Waals surface area contributed by atoms with Crippen LogP contribution in [-0.4, -0.2) is 35.7 Å². The predicted octanol–water partition coefficient (Wildman–Crippen LogP) is 7.21. The lowest BCUT2D eigenvalue weighted by atomic mass is 9.81. The number of hydrogen-bond donors (Lipinski definition) is 2. The number of halogens is 2. The van der Waals surface area contributed by atoms with Crippen LogP contribution in [0.25, 0.3) is 11.1 Å². The van der Waals surface area contributed by atoms with E-state index in [-0.39, 0.29) is 19.6 Å². The van der Waals surface area contributed by atoms with Gasteiger partial charge in [-0.25, -0.2) is 13.8 Å². The molecule has 6 nitrogen and oxygen atoms in total. The van der Waals surface area contributed by atoms with Crippen molar-refractivity contribution in [2.45, 2.75) is 31.0 Å². The van der Waals surface area contributed by atoms with Crippen LogP contribution in [0.5, 0.6) is 5.75 Å². The van der Waals surface area contributed by atoms with Crippen LogP contribution in [0.1, 0.15) is 34.8 Å². The number of aliphatic hydroxyl groups is 1. The van der Waals surface area contributed by atoms with Crippen LogP contribution < -0.4 is 10.1 Å². The van der Waals surface area contributed by atoms with E-state index in [2.05, 4.69) is 5.32 Å². The quantitative estimate of drug-likeness (QED) is 0.143. The fourth-order valence-electron chi connectivity index (χ4n) is 5.66. The molecule has 5 aromatic carbocycles. The second kappa shape index (κ2) is 14.4. The van der Waals surface area contributed by atoms with Gasteiger partial charge >= 0.3 is 0 Å². The Kier molecular flexibility index (Phi) is 9.69. The Morgan fingerprint density at radius 2 is 1.45 bits per heavy atom. The number of nitrogens with zero attached hydrogens (tertiary/aromatic N) is 1. The zero-order valence-electron chi connectivity index (χ0n) is 25.6. The minimum Gasteiger partial charge on any atom is -0.494 e. The molecule has 0 bridgehead atoms. The average Bonchev–Trinajstić information content (AvgIpc) is 3.50. The molecule has 0 radical (unpaired) electrons. The molecule has 0 saturated carbocycles. The average molecular weight is 633 g/mol. The first kappa shape index (κ1) is 31.6. The molecule has 1 amide bonds. The van der Waals surface area contributed by atoms with Gasteiger partial charge in [0.25, 0.3) is 5.91 Å². The minimum absolute atomic E-state index is 0.0308. The normalized spacial score (nSPS) is 17.1. The summed E-state index contributed by atoms with van der Waals surface area (Å²) in [5.74, 6) is -1.43. The summed E-state index contributed by atoms with van der Waals surface area (Å²) in [5, 5.41) is 12.0. The van der Waals surface area contributed by atoms with E-state index in [1.165, 1.54) is 6.07 Å². The van der Waals surface area contributed by atoms with Crippen molar-refractivity contribution in [2.75, 3.05) is 13.2 Å². The summed E-state index contributed by atoms with van der Waals surface area (Å²) in [6.45, 7) is 0.391. The molecule has 238 valence electrons. The summed E-state index contributed by atoms with van der Waals surface area (Å²) >= 11 is 0. The Hall–Kier alpha value is -5.34. The number of aliphatic imine (C=N–C) groups is 1. The van der Waals surface area contributed by atoms with Crippen molar-refractivity contribution in [3.05, 3.63) is 161 Å². The smallest absolute Gasteiger partial charge is 0.252 e. The molecule has 1 heterocycles. The van der Waals surface area contributed by atoms with Gasteiger partial charge in [-0.1, -0.05) is 91.0 Å². The molecule has 0 fully saturated rings. The molecule has 5 aromatic rings. The molecule has 2 atom stereocenters. The van der Waals surface area contributed by atoms with E-state index in [4.69, 9.17) is 19.6 Å². The van der Waals surface area contributed by atoms with Crippen molar-refractivity contribution < 1.29 is 28.2 Å². The lowest BCUT2D eigenvalue weighted by molar-refractivity contribution is -0.129. The van der Waals surface area contributed by atoms with Crippen LogP contribution in [0.4, 0.5) is 8.78 Å². The van der Waals surface area contributed by atoms with E-state index in [9.17, 15) is 13.6 Å². The minimum atomic E-state index is -1.44. The summed E-state index contributed by atoms with van der Waals surface area (Å²) in [5.41, 5.74) is 3.34. The van der Waals surface area contributed by atoms with Crippen molar-refractivity contribution in [3.63, 3.8) is 0 Å². The van der Waals surface area contributed by atoms with Crippen molar-refractivity contribution in [3.8, 4) is 16.9 Å². The van der Waals surface area contributed by atoms with Crippen LogP contribution in [0, 0.1) is 11.6 Å². The zero-order chi connectivity index (χ0) is 32.6. The third-order valence-corrected chi connectivity index (χ3v) is 8.10. The van der Waals surface area contributed by atoms with Gasteiger partial charge in [0, 0.05) is 31.6 Å². The van der Waals surface area contributed by atoms with Crippen molar-refractivity contribution >= 4 is 11.8 Å². The standard InChI is InChI=1S/C39H34F2N2O4/c40-34-21-12-28(24-35(34)41)26-42-38(45)39(25-27-8-3-1-4-9-27)36(31-15-13-30(14-16-31)29-10-5-2-6-11-29)47-37(43-39)32-17-19-33(20-18-32)46-23-7-22-44/h1-6,8-21,24,36,44H,7,22-23,25-26H2,(H,42,45)/t36-,39-/m1/s1.